The average Bonchev–Trinajstić information content (AvgIpc) is 2.63. The number of rotatable bonds is 9. The van der Waals surface area contributed by atoms with Gasteiger partial charge in [-0.1, -0.05) is 19.3 Å². The van der Waals surface area contributed by atoms with E-state index >= 15 is 0 Å². The molecular formula is C18H28N2O4S2. The van der Waals surface area contributed by atoms with Crippen molar-refractivity contribution >= 4 is 33.4 Å². The maximum absolute atomic E-state index is 11.8. The van der Waals surface area contributed by atoms with Gasteiger partial charge in [-0.3, -0.25) is 9.10 Å². The monoisotopic (exact) mass is 400 g/mol. The first-order valence-electron chi connectivity index (χ1n) is 8.91. The van der Waals surface area contributed by atoms with Gasteiger partial charge in [-0.2, -0.15) is 11.8 Å². The Labute approximate surface area is 160 Å². The number of thioether (sulfide) groups is 1. The van der Waals surface area contributed by atoms with E-state index in [9.17, 15) is 13.2 Å². The number of hydrogen-bond acceptors (Lipinski definition) is 5. The van der Waals surface area contributed by atoms with Gasteiger partial charge in [-0.15, -0.1) is 0 Å². The van der Waals surface area contributed by atoms with Crippen LogP contribution in [0.2, 0.25) is 0 Å². The van der Waals surface area contributed by atoms with Crippen LogP contribution in [-0.2, 0) is 14.8 Å². The summed E-state index contributed by atoms with van der Waals surface area (Å²) in [5.41, 5.74) is 0.545. The lowest BCUT2D eigenvalue weighted by molar-refractivity contribution is -0.122. The van der Waals surface area contributed by atoms with Crippen LogP contribution in [0.3, 0.4) is 0 Å². The largest absolute Gasteiger partial charge is 0.484 e. The second-order valence-electron chi connectivity index (χ2n) is 6.49. The standard InChI is InChI=1S/C18H28N2O4S2/c1-20(26(2,22)23)15-8-10-16(11-9-15)24-14-18(21)19-12-13-25-17-6-4-3-5-7-17/h8-11,17H,3-7,12-14H2,1-2H3,(H,19,21). The summed E-state index contributed by atoms with van der Waals surface area (Å²) in [6.07, 6.45) is 7.76. The minimum Gasteiger partial charge on any atom is -0.484 e. The second kappa shape index (κ2) is 10.1. The fraction of sp³-hybridized carbons (Fsp3) is 0.611. The van der Waals surface area contributed by atoms with Crippen LogP contribution < -0.4 is 14.4 Å². The molecule has 0 aliphatic heterocycles. The van der Waals surface area contributed by atoms with Crippen molar-refractivity contribution in [2.75, 3.05) is 36.5 Å². The van der Waals surface area contributed by atoms with Gasteiger partial charge in [0, 0.05) is 24.6 Å². The normalized spacial score (nSPS) is 15.5. The SMILES string of the molecule is CN(c1ccc(OCC(=O)NCCSC2CCCCC2)cc1)S(C)(=O)=O. The Balaban J connectivity index is 1.65. The molecule has 1 aromatic rings. The summed E-state index contributed by atoms with van der Waals surface area (Å²) < 4.78 is 29.6. The van der Waals surface area contributed by atoms with Crippen molar-refractivity contribution in [3.8, 4) is 5.75 Å². The molecule has 1 amide bonds. The lowest BCUT2D eigenvalue weighted by atomic mass is 10.0. The van der Waals surface area contributed by atoms with E-state index in [0.717, 1.165) is 17.3 Å². The van der Waals surface area contributed by atoms with Crippen LogP contribution in [0, 0.1) is 0 Å². The molecule has 146 valence electrons. The number of ether oxygens (including phenoxy) is 1. The lowest BCUT2D eigenvalue weighted by Crippen LogP contribution is -2.31. The van der Waals surface area contributed by atoms with Crippen LogP contribution >= 0.6 is 11.8 Å². The predicted molar refractivity (Wildman–Crippen MR) is 108 cm³/mol. The van der Waals surface area contributed by atoms with Gasteiger partial charge < -0.3 is 10.1 Å². The molecule has 1 fully saturated rings. The number of nitrogens with zero attached hydrogens (tertiary/aromatic N) is 1. The second-order valence-corrected chi connectivity index (χ2v) is 9.92. The fourth-order valence-electron chi connectivity index (χ4n) is 2.79. The fourth-order valence-corrected chi connectivity index (χ4v) is 4.52. The van der Waals surface area contributed by atoms with Crippen molar-refractivity contribution in [2.24, 2.45) is 0 Å². The number of carbonyl (C=O) groups is 1. The lowest BCUT2D eigenvalue weighted by Gasteiger charge is -2.20. The van der Waals surface area contributed by atoms with Gasteiger partial charge in [-0.25, -0.2) is 8.42 Å². The molecule has 1 N–H and O–H groups in total. The van der Waals surface area contributed by atoms with E-state index in [1.165, 1.54) is 43.5 Å². The number of amides is 1. The number of anilines is 1. The molecule has 0 radical (unpaired) electrons. The minimum absolute atomic E-state index is 0.0463. The Morgan fingerprint density at radius 1 is 1.23 bits per heavy atom. The molecule has 1 aliphatic rings. The summed E-state index contributed by atoms with van der Waals surface area (Å²) in [6.45, 7) is 0.608. The van der Waals surface area contributed by atoms with Crippen LogP contribution in [0.4, 0.5) is 5.69 Å². The predicted octanol–water partition coefficient (Wildman–Crippen LogP) is 2.64. The maximum atomic E-state index is 11.8. The molecule has 1 aromatic carbocycles. The van der Waals surface area contributed by atoms with Crippen LogP contribution in [-0.4, -0.2) is 51.8 Å². The number of carbonyl (C=O) groups excluding carboxylic acids is 1. The quantitative estimate of drug-likeness (QED) is 0.645. The van der Waals surface area contributed by atoms with Crippen LogP contribution in [0.1, 0.15) is 32.1 Å². The van der Waals surface area contributed by atoms with Crippen molar-refractivity contribution in [2.45, 2.75) is 37.4 Å². The summed E-state index contributed by atoms with van der Waals surface area (Å²) >= 11 is 1.95. The molecule has 6 nitrogen and oxygen atoms in total. The van der Waals surface area contributed by atoms with Crippen LogP contribution in [0.15, 0.2) is 24.3 Å². The molecule has 0 spiro atoms. The molecule has 1 aliphatic carbocycles. The third kappa shape index (κ3) is 7.07. The first-order chi connectivity index (χ1) is 12.4. The Kier molecular flexibility index (Phi) is 8.09. The number of hydrogen-bond donors (Lipinski definition) is 1. The zero-order chi connectivity index (χ0) is 19.0. The highest BCUT2D eigenvalue weighted by Crippen LogP contribution is 2.27. The van der Waals surface area contributed by atoms with E-state index in [-0.39, 0.29) is 12.5 Å². The summed E-state index contributed by atoms with van der Waals surface area (Å²) in [7, 11) is -1.80. The van der Waals surface area contributed by atoms with E-state index in [1.807, 2.05) is 11.8 Å². The first kappa shape index (κ1) is 20.9. The highest BCUT2D eigenvalue weighted by Gasteiger charge is 2.14. The van der Waals surface area contributed by atoms with Crippen LogP contribution in [0.5, 0.6) is 5.75 Å². The third-order valence-corrected chi connectivity index (χ3v) is 6.99. The van der Waals surface area contributed by atoms with Gasteiger partial charge >= 0.3 is 0 Å². The topological polar surface area (TPSA) is 75.7 Å². The van der Waals surface area contributed by atoms with Crippen molar-refractivity contribution in [1.29, 1.82) is 0 Å². The molecule has 0 unspecified atom stereocenters. The Hall–Kier alpha value is -1.41. The molecule has 0 saturated heterocycles. The van der Waals surface area contributed by atoms with E-state index < -0.39 is 10.0 Å². The summed E-state index contributed by atoms with van der Waals surface area (Å²) in [5, 5.41) is 3.62. The number of nitrogens with one attached hydrogen (secondary N) is 1. The zero-order valence-corrected chi connectivity index (χ0v) is 17.1. The smallest absolute Gasteiger partial charge is 0.257 e. The number of benzene rings is 1. The Morgan fingerprint density at radius 3 is 2.50 bits per heavy atom. The molecule has 8 heteroatoms. The highest BCUT2D eigenvalue weighted by molar-refractivity contribution is 7.99. The van der Waals surface area contributed by atoms with E-state index in [2.05, 4.69) is 5.32 Å². The molecule has 1 saturated carbocycles. The van der Waals surface area contributed by atoms with Gasteiger partial charge in [0.1, 0.15) is 5.75 Å². The first-order valence-corrected chi connectivity index (χ1v) is 11.8. The molecule has 2 rings (SSSR count). The van der Waals surface area contributed by atoms with Gasteiger partial charge in [0.2, 0.25) is 10.0 Å². The molecule has 0 heterocycles. The minimum atomic E-state index is -3.29. The summed E-state index contributed by atoms with van der Waals surface area (Å²) in [4.78, 5) is 11.8. The Morgan fingerprint density at radius 2 is 1.88 bits per heavy atom. The van der Waals surface area contributed by atoms with E-state index in [1.54, 1.807) is 24.3 Å². The number of sulfonamides is 1. The average molecular weight is 401 g/mol. The van der Waals surface area contributed by atoms with Crippen molar-refractivity contribution in [1.82, 2.24) is 5.32 Å². The van der Waals surface area contributed by atoms with Crippen molar-refractivity contribution in [3.63, 3.8) is 0 Å². The summed E-state index contributed by atoms with van der Waals surface area (Å²) in [6, 6.07) is 6.61. The third-order valence-electron chi connectivity index (χ3n) is 4.40. The zero-order valence-electron chi connectivity index (χ0n) is 15.4. The van der Waals surface area contributed by atoms with Crippen LogP contribution in [0.25, 0.3) is 0 Å². The van der Waals surface area contributed by atoms with E-state index in [4.69, 9.17) is 4.74 Å². The molecule has 0 aromatic heterocycles. The molecule has 0 atom stereocenters. The molecule has 0 bridgehead atoms. The highest BCUT2D eigenvalue weighted by atomic mass is 32.2. The van der Waals surface area contributed by atoms with Gasteiger partial charge in [0.25, 0.3) is 5.91 Å². The van der Waals surface area contributed by atoms with E-state index in [0.29, 0.717) is 18.0 Å². The molecular weight excluding hydrogens is 372 g/mol. The van der Waals surface area contributed by atoms with Gasteiger partial charge in [-0.05, 0) is 37.1 Å². The maximum Gasteiger partial charge on any atom is 0.257 e. The van der Waals surface area contributed by atoms with Gasteiger partial charge in [0.15, 0.2) is 6.61 Å². The molecule has 26 heavy (non-hydrogen) atoms. The van der Waals surface area contributed by atoms with Gasteiger partial charge in [0.05, 0.1) is 11.9 Å². The van der Waals surface area contributed by atoms with Crippen molar-refractivity contribution < 1.29 is 17.9 Å². The Bertz CT molecular complexity index is 671. The van der Waals surface area contributed by atoms with Crippen molar-refractivity contribution in [3.05, 3.63) is 24.3 Å². The summed E-state index contributed by atoms with van der Waals surface area (Å²) in [5.74, 6) is 1.32.